The van der Waals surface area contributed by atoms with Crippen molar-refractivity contribution in [2.24, 2.45) is 0 Å². The second kappa shape index (κ2) is 8.27. The lowest BCUT2D eigenvalue weighted by Crippen LogP contribution is -2.47. The van der Waals surface area contributed by atoms with Gasteiger partial charge in [-0.25, -0.2) is 9.78 Å². The summed E-state index contributed by atoms with van der Waals surface area (Å²) in [5.74, 6) is -0.371. The third-order valence-electron chi connectivity index (χ3n) is 5.73. The van der Waals surface area contributed by atoms with Crippen LogP contribution in [-0.2, 0) is 16.1 Å². The zero-order valence-corrected chi connectivity index (χ0v) is 18.8. The zero-order chi connectivity index (χ0) is 22.3. The van der Waals surface area contributed by atoms with E-state index in [1.54, 1.807) is 13.8 Å². The van der Waals surface area contributed by atoms with E-state index in [0.29, 0.717) is 49.7 Å². The van der Waals surface area contributed by atoms with Gasteiger partial charge >= 0.3 is 6.09 Å². The highest BCUT2D eigenvalue weighted by atomic mass is 79.9. The molecule has 3 heterocycles. The SMILES string of the molecule is CC1=C(C)C(=O)N(Nc2cc(CN3CCN(C(=O)O)CC3)c3ccc(Br)cc3n2)C1=O. The number of hydrogen-bond acceptors (Lipinski definition) is 6. The summed E-state index contributed by atoms with van der Waals surface area (Å²) < 4.78 is 0.868. The first-order valence-electron chi connectivity index (χ1n) is 9.87. The van der Waals surface area contributed by atoms with Crippen LogP contribution < -0.4 is 5.43 Å². The summed E-state index contributed by atoms with van der Waals surface area (Å²) in [5, 5.41) is 11.1. The molecule has 1 saturated heterocycles. The number of piperazine rings is 1. The normalized spacial score (nSPS) is 17.8. The molecule has 2 aliphatic heterocycles. The Kier molecular flexibility index (Phi) is 5.67. The molecule has 0 radical (unpaired) electrons. The Morgan fingerprint density at radius 3 is 2.35 bits per heavy atom. The number of fused-ring (bicyclic) bond motifs is 1. The number of carboxylic acid groups (broad SMARTS) is 1. The predicted molar refractivity (Wildman–Crippen MR) is 118 cm³/mol. The number of nitrogens with one attached hydrogen (secondary N) is 1. The smallest absolute Gasteiger partial charge is 0.407 e. The van der Waals surface area contributed by atoms with Crippen LogP contribution in [-0.4, -0.2) is 69.0 Å². The summed E-state index contributed by atoms with van der Waals surface area (Å²) in [6.45, 7) is 6.02. The van der Waals surface area contributed by atoms with Crippen LogP contribution in [0, 0.1) is 0 Å². The average molecular weight is 488 g/mol. The number of rotatable bonds is 4. The van der Waals surface area contributed by atoms with Crippen molar-refractivity contribution in [3.05, 3.63) is 45.4 Å². The number of aromatic nitrogens is 1. The van der Waals surface area contributed by atoms with Gasteiger partial charge in [0, 0.05) is 53.7 Å². The maximum absolute atomic E-state index is 12.4. The van der Waals surface area contributed by atoms with E-state index in [1.807, 2.05) is 24.3 Å². The molecule has 1 aromatic carbocycles. The fourth-order valence-corrected chi connectivity index (χ4v) is 4.11. The van der Waals surface area contributed by atoms with Gasteiger partial charge in [0.2, 0.25) is 0 Å². The molecule has 10 heteroatoms. The van der Waals surface area contributed by atoms with Crippen LogP contribution in [0.3, 0.4) is 0 Å². The minimum absolute atomic E-state index is 0.384. The van der Waals surface area contributed by atoms with Crippen LogP contribution in [0.5, 0.6) is 0 Å². The number of carbonyl (C=O) groups excluding carboxylic acids is 2. The number of anilines is 1. The molecular weight excluding hydrogens is 466 g/mol. The number of benzene rings is 1. The van der Waals surface area contributed by atoms with Gasteiger partial charge in [0.1, 0.15) is 5.82 Å². The molecular formula is C21H22BrN5O4. The summed E-state index contributed by atoms with van der Waals surface area (Å²) in [6, 6.07) is 7.63. The van der Waals surface area contributed by atoms with Crippen LogP contribution in [0.2, 0.25) is 0 Å². The number of carbonyl (C=O) groups is 3. The molecule has 9 nitrogen and oxygen atoms in total. The van der Waals surface area contributed by atoms with Crippen LogP contribution in [0.4, 0.5) is 10.6 Å². The second-order valence-electron chi connectivity index (χ2n) is 7.68. The second-order valence-corrected chi connectivity index (χ2v) is 8.60. The molecule has 0 unspecified atom stereocenters. The molecule has 31 heavy (non-hydrogen) atoms. The van der Waals surface area contributed by atoms with Crippen molar-refractivity contribution in [2.45, 2.75) is 20.4 Å². The molecule has 1 aromatic heterocycles. The predicted octanol–water partition coefficient (Wildman–Crippen LogP) is 2.83. The highest BCUT2D eigenvalue weighted by molar-refractivity contribution is 9.10. The van der Waals surface area contributed by atoms with Gasteiger partial charge < -0.3 is 10.0 Å². The molecule has 4 rings (SSSR count). The first-order valence-corrected chi connectivity index (χ1v) is 10.7. The molecule has 3 amide bonds. The van der Waals surface area contributed by atoms with Gasteiger partial charge in [0.15, 0.2) is 0 Å². The monoisotopic (exact) mass is 487 g/mol. The van der Waals surface area contributed by atoms with Gasteiger partial charge in [-0.2, -0.15) is 5.01 Å². The molecule has 0 aliphatic carbocycles. The number of pyridine rings is 1. The summed E-state index contributed by atoms with van der Waals surface area (Å²) in [7, 11) is 0. The first kappa shape index (κ1) is 21.3. The molecule has 0 atom stereocenters. The van der Waals surface area contributed by atoms with Gasteiger partial charge in [-0.3, -0.25) is 19.9 Å². The Labute approximate surface area is 187 Å². The number of imide groups is 1. The van der Waals surface area contributed by atoms with E-state index in [0.717, 1.165) is 25.9 Å². The number of amides is 3. The Morgan fingerprint density at radius 2 is 1.74 bits per heavy atom. The van der Waals surface area contributed by atoms with E-state index < -0.39 is 6.09 Å². The number of halogens is 1. The van der Waals surface area contributed by atoms with Crippen LogP contribution in [0.25, 0.3) is 10.9 Å². The zero-order valence-electron chi connectivity index (χ0n) is 17.2. The lowest BCUT2D eigenvalue weighted by molar-refractivity contribution is -0.135. The standard InChI is InChI=1S/C21H22BrN5O4/c1-12-13(2)20(29)27(19(12)28)24-18-9-14(16-4-3-15(22)10-17(16)23-18)11-25-5-7-26(8-6-25)21(30)31/h3-4,9-10H,5-8,11H2,1-2H3,(H,23,24)(H,30,31). The molecule has 2 aliphatic rings. The molecule has 0 spiro atoms. The van der Waals surface area contributed by atoms with E-state index in [9.17, 15) is 14.4 Å². The quantitative estimate of drug-likeness (QED) is 0.638. The molecule has 2 N–H and O–H groups in total. The van der Waals surface area contributed by atoms with Crippen molar-refractivity contribution in [1.82, 2.24) is 19.8 Å². The number of hydrogen-bond donors (Lipinski definition) is 2. The third-order valence-corrected chi connectivity index (χ3v) is 6.22. The highest BCUT2D eigenvalue weighted by Gasteiger charge is 2.34. The Hall–Kier alpha value is -2.98. The van der Waals surface area contributed by atoms with Gasteiger partial charge in [-0.05, 0) is 37.6 Å². The van der Waals surface area contributed by atoms with Crippen LogP contribution in [0.1, 0.15) is 19.4 Å². The van der Waals surface area contributed by atoms with Gasteiger partial charge in [-0.15, -0.1) is 0 Å². The van der Waals surface area contributed by atoms with Crippen molar-refractivity contribution in [2.75, 3.05) is 31.6 Å². The number of nitrogens with zero attached hydrogens (tertiary/aromatic N) is 4. The first-order chi connectivity index (χ1) is 14.7. The van der Waals surface area contributed by atoms with Gasteiger partial charge in [0.05, 0.1) is 5.52 Å². The highest BCUT2D eigenvalue weighted by Crippen LogP contribution is 2.27. The molecule has 0 saturated carbocycles. The number of hydrazine groups is 1. The summed E-state index contributed by atoms with van der Waals surface area (Å²) >= 11 is 3.47. The lowest BCUT2D eigenvalue weighted by Gasteiger charge is -2.33. The Bertz CT molecular complexity index is 1100. The van der Waals surface area contributed by atoms with E-state index in [4.69, 9.17) is 5.11 Å². The van der Waals surface area contributed by atoms with Gasteiger partial charge in [0.25, 0.3) is 11.8 Å². The molecule has 162 valence electrons. The summed E-state index contributed by atoms with van der Waals surface area (Å²) in [4.78, 5) is 44.2. The van der Waals surface area contributed by atoms with Crippen LogP contribution in [0.15, 0.2) is 39.9 Å². The van der Waals surface area contributed by atoms with E-state index in [1.165, 1.54) is 4.90 Å². The van der Waals surface area contributed by atoms with E-state index in [-0.39, 0.29) is 11.8 Å². The average Bonchev–Trinajstić information content (AvgIpc) is 2.91. The molecule has 1 fully saturated rings. The molecule has 2 aromatic rings. The van der Waals surface area contributed by atoms with Crippen LogP contribution >= 0.6 is 15.9 Å². The Morgan fingerprint density at radius 1 is 1.10 bits per heavy atom. The third kappa shape index (κ3) is 4.13. The fourth-order valence-electron chi connectivity index (χ4n) is 3.76. The summed E-state index contributed by atoms with van der Waals surface area (Å²) in [5.41, 5.74) is 5.40. The minimum Gasteiger partial charge on any atom is -0.465 e. The largest absolute Gasteiger partial charge is 0.465 e. The van der Waals surface area contributed by atoms with E-state index in [2.05, 4.69) is 31.2 Å². The molecule has 0 bridgehead atoms. The fraction of sp³-hybridized carbons (Fsp3) is 0.333. The Balaban J connectivity index is 1.62. The van der Waals surface area contributed by atoms with Gasteiger partial charge in [-0.1, -0.05) is 22.0 Å². The van der Waals surface area contributed by atoms with E-state index >= 15 is 0 Å². The van der Waals surface area contributed by atoms with Crippen molar-refractivity contribution in [3.63, 3.8) is 0 Å². The van der Waals surface area contributed by atoms with Crippen molar-refractivity contribution >= 4 is 50.6 Å². The lowest BCUT2D eigenvalue weighted by atomic mass is 10.1. The maximum Gasteiger partial charge on any atom is 0.407 e. The topological polar surface area (TPSA) is 106 Å². The minimum atomic E-state index is -0.899. The summed E-state index contributed by atoms with van der Waals surface area (Å²) in [6.07, 6.45) is -0.899. The van der Waals surface area contributed by atoms with Crippen molar-refractivity contribution < 1.29 is 19.5 Å². The maximum atomic E-state index is 12.4. The van der Waals surface area contributed by atoms with Crippen molar-refractivity contribution in [3.8, 4) is 0 Å². The van der Waals surface area contributed by atoms with Crippen molar-refractivity contribution in [1.29, 1.82) is 0 Å².